The normalized spacial score (nSPS) is 18.6. The standard InChI is InChI=1S/C15H25N3O2S/c1-11(9-20-3)17-13(19)8-16-15(6-4-5-7-15)14-18-12(2)10-21-14/h10-11,16H,4-9H2,1-3H3,(H,17,19). The summed E-state index contributed by atoms with van der Waals surface area (Å²) in [6, 6.07) is 0.0333. The average Bonchev–Trinajstić information content (AvgIpc) is 3.06. The van der Waals surface area contributed by atoms with Gasteiger partial charge in [0, 0.05) is 24.2 Å². The molecule has 0 aromatic carbocycles. The summed E-state index contributed by atoms with van der Waals surface area (Å²) in [6.45, 7) is 4.81. The van der Waals surface area contributed by atoms with E-state index in [1.165, 1.54) is 12.8 Å². The molecule has 1 aliphatic carbocycles. The second-order valence-electron chi connectivity index (χ2n) is 5.86. The van der Waals surface area contributed by atoms with Gasteiger partial charge < -0.3 is 10.1 Å². The third-order valence-corrected chi connectivity index (χ3v) is 5.06. The van der Waals surface area contributed by atoms with Crippen molar-refractivity contribution in [2.75, 3.05) is 20.3 Å². The van der Waals surface area contributed by atoms with Gasteiger partial charge in [-0.3, -0.25) is 10.1 Å². The number of ether oxygens (including phenoxy) is 1. The van der Waals surface area contributed by atoms with E-state index in [0.717, 1.165) is 23.5 Å². The molecule has 1 heterocycles. The molecule has 0 bridgehead atoms. The minimum absolute atomic E-state index is 0.0131. The van der Waals surface area contributed by atoms with Crippen molar-refractivity contribution in [3.05, 3.63) is 16.1 Å². The van der Waals surface area contributed by atoms with E-state index in [1.807, 2.05) is 13.8 Å². The van der Waals surface area contributed by atoms with Crippen molar-refractivity contribution in [3.8, 4) is 0 Å². The molecule has 1 amide bonds. The number of hydrogen-bond donors (Lipinski definition) is 2. The quantitative estimate of drug-likeness (QED) is 0.808. The second-order valence-corrected chi connectivity index (χ2v) is 6.72. The molecule has 1 aliphatic rings. The smallest absolute Gasteiger partial charge is 0.234 e. The number of aromatic nitrogens is 1. The molecule has 6 heteroatoms. The number of carbonyl (C=O) groups excluding carboxylic acids is 1. The van der Waals surface area contributed by atoms with E-state index in [2.05, 4.69) is 21.0 Å². The minimum Gasteiger partial charge on any atom is -0.383 e. The van der Waals surface area contributed by atoms with Gasteiger partial charge in [0.25, 0.3) is 0 Å². The fraction of sp³-hybridized carbons (Fsp3) is 0.733. The van der Waals surface area contributed by atoms with Gasteiger partial charge in [0.2, 0.25) is 5.91 Å². The Morgan fingerprint density at radius 2 is 2.24 bits per heavy atom. The summed E-state index contributed by atoms with van der Waals surface area (Å²) < 4.78 is 5.03. The largest absolute Gasteiger partial charge is 0.383 e. The molecular formula is C15H25N3O2S. The topological polar surface area (TPSA) is 63.2 Å². The maximum Gasteiger partial charge on any atom is 0.234 e. The highest BCUT2D eigenvalue weighted by molar-refractivity contribution is 7.09. The molecule has 118 valence electrons. The van der Waals surface area contributed by atoms with Crippen LogP contribution in [0.1, 0.15) is 43.3 Å². The summed E-state index contributed by atoms with van der Waals surface area (Å²) in [4.78, 5) is 16.7. The number of thiazole rings is 1. The molecule has 5 nitrogen and oxygen atoms in total. The van der Waals surface area contributed by atoms with Gasteiger partial charge in [-0.2, -0.15) is 0 Å². The Kier molecular flexibility index (Phi) is 5.72. The van der Waals surface area contributed by atoms with E-state index in [1.54, 1.807) is 18.4 Å². The van der Waals surface area contributed by atoms with E-state index >= 15 is 0 Å². The zero-order valence-electron chi connectivity index (χ0n) is 13.1. The minimum atomic E-state index is -0.110. The van der Waals surface area contributed by atoms with Gasteiger partial charge in [-0.1, -0.05) is 12.8 Å². The van der Waals surface area contributed by atoms with Crippen molar-refractivity contribution in [2.24, 2.45) is 0 Å². The Bertz CT molecular complexity index is 469. The molecule has 1 aromatic heterocycles. The van der Waals surface area contributed by atoms with E-state index in [0.29, 0.717) is 13.2 Å². The lowest BCUT2D eigenvalue weighted by molar-refractivity contribution is -0.121. The van der Waals surface area contributed by atoms with Crippen molar-refractivity contribution >= 4 is 17.2 Å². The third kappa shape index (κ3) is 4.25. The number of methoxy groups -OCH3 is 1. The lowest BCUT2D eigenvalue weighted by Crippen LogP contribution is -2.47. The van der Waals surface area contributed by atoms with Gasteiger partial charge in [0.15, 0.2) is 0 Å². The van der Waals surface area contributed by atoms with Crippen molar-refractivity contribution in [3.63, 3.8) is 0 Å². The van der Waals surface area contributed by atoms with Crippen LogP contribution in [0.25, 0.3) is 0 Å². The lowest BCUT2D eigenvalue weighted by atomic mass is 9.98. The Balaban J connectivity index is 1.93. The summed E-state index contributed by atoms with van der Waals surface area (Å²) >= 11 is 1.69. The van der Waals surface area contributed by atoms with E-state index < -0.39 is 0 Å². The molecule has 21 heavy (non-hydrogen) atoms. The first-order valence-corrected chi connectivity index (χ1v) is 8.39. The highest BCUT2D eigenvalue weighted by Gasteiger charge is 2.38. The summed E-state index contributed by atoms with van der Waals surface area (Å²) in [5, 5.41) is 9.60. The van der Waals surface area contributed by atoms with E-state index in [-0.39, 0.29) is 17.5 Å². The highest BCUT2D eigenvalue weighted by atomic mass is 32.1. The number of hydrogen-bond acceptors (Lipinski definition) is 5. The maximum atomic E-state index is 12.0. The SMILES string of the molecule is COCC(C)NC(=O)CNC1(c2nc(C)cs2)CCCC1. The Morgan fingerprint density at radius 1 is 1.52 bits per heavy atom. The van der Waals surface area contributed by atoms with Crippen LogP contribution in [0.2, 0.25) is 0 Å². The highest BCUT2D eigenvalue weighted by Crippen LogP contribution is 2.39. The van der Waals surface area contributed by atoms with Crippen LogP contribution >= 0.6 is 11.3 Å². The van der Waals surface area contributed by atoms with Crippen LogP contribution < -0.4 is 10.6 Å². The van der Waals surface area contributed by atoms with Crippen LogP contribution in [-0.4, -0.2) is 37.2 Å². The molecule has 1 unspecified atom stereocenters. The van der Waals surface area contributed by atoms with Crippen LogP contribution in [-0.2, 0) is 15.1 Å². The molecule has 0 aliphatic heterocycles. The van der Waals surface area contributed by atoms with Gasteiger partial charge in [-0.15, -0.1) is 11.3 Å². The monoisotopic (exact) mass is 311 g/mol. The van der Waals surface area contributed by atoms with Crippen LogP contribution in [0.15, 0.2) is 5.38 Å². The van der Waals surface area contributed by atoms with Crippen LogP contribution in [0.5, 0.6) is 0 Å². The number of nitrogens with one attached hydrogen (secondary N) is 2. The van der Waals surface area contributed by atoms with E-state index in [9.17, 15) is 4.79 Å². The molecule has 1 atom stereocenters. The first-order chi connectivity index (χ1) is 10.1. The molecule has 2 rings (SSSR count). The van der Waals surface area contributed by atoms with Gasteiger partial charge in [0.05, 0.1) is 18.7 Å². The van der Waals surface area contributed by atoms with Crippen molar-refractivity contribution in [1.29, 1.82) is 0 Å². The summed E-state index contributed by atoms with van der Waals surface area (Å²) in [6.07, 6.45) is 4.49. The number of nitrogens with zero attached hydrogens (tertiary/aromatic N) is 1. The second kappa shape index (κ2) is 7.33. The number of amides is 1. The Hall–Kier alpha value is -0.980. The first-order valence-electron chi connectivity index (χ1n) is 7.52. The fourth-order valence-electron chi connectivity index (χ4n) is 2.89. The fourth-order valence-corrected chi connectivity index (χ4v) is 3.92. The molecule has 2 N–H and O–H groups in total. The number of rotatable bonds is 7. The number of aryl methyl sites for hydroxylation is 1. The van der Waals surface area contributed by atoms with Crippen LogP contribution in [0.4, 0.5) is 0 Å². The predicted molar refractivity (Wildman–Crippen MR) is 84.5 cm³/mol. The molecule has 0 spiro atoms. The third-order valence-electron chi connectivity index (χ3n) is 3.90. The Labute approximate surface area is 130 Å². The lowest BCUT2D eigenvalue weighted by Gasteiger charge is -2.28. The average molecular weight is 311 g/mol. The molecule has 1 fully saturated rings. The van der Waals surface area contributed by atoms with Gasteiger partial charge in [0.1, 0.15) is 5.01 Å². The van der Waals surface area contributed by atoms with E-state index in [4.69, 9.17) is 4.74 Å². The molecule has 0 radical (unpaired) electrons. The summed E-state index contributed by atoms with van der Waals surface area (Å²) in [7, 11) is 1.64. The molecule has 1 saturated carbocycles. The first kappa shape index (κ1) is 16.4. The number of carbonyl (C=O) groups is 1. The molecule has 0 saturated heterocycles. The van der Waals surface area contributed by atoms with Crippen LogP contribution in [0, 0.1) is 6.92 Å². The van der Waals surface area contributed by atoms with Crippen molar-refractivity contribution in [1.82, 2.24) is 15.6 Å². The van der Waals surface area contributed by atoms with Gasteiger partial charge in [-0.05, 0) is 26.7 Å². The zero-order valence-corrected chi connectivity index (χ0v) is 13.9. The molecular weight excluding hydrogens is 286 g/mol. The Morgan fingerprint density at radius 3 is 2.81 bits per heavy atom. The summed E-state index contributed by atoms with van der Waals surface area (Å²) in [5.74, 6) is 0.0131. The maximum absolute atomic E-state index is 12.0. The molecule has 1 aromatic rings. The zero-order chi connectivity index (χ0) is 15.3. The van der Waals surface area contributed by atoms with Gasteiger partial charge >= 0.3 is 0 Å². The van der Waals surface area contributed by atoms with Gasteiger partial charge in [-0.25, -0.2) is 4.98 Å². The van der Waals surface area contributed by atoms with Crippen molar-refractivity contribution < 1.29 is 9.53 Å². The predicted octanol–water partition coefficient (Wildman–Crippen LogP) is 1.96. The van der Waals surface area contributed by atoms with Crippen LogP contribution in [0.3, 0.4) is 0 Å². The van der Waals surface area contributed by atoms with Crippen molar-refractivity contribution in [2.45, 2.75) is 51.1 Å². The summed E-state index contributed by atoms with van der Waals surface area (Å²) in [5.41, 5.74) is 0.946.